The van der Waals surface area contributed by atoms with E-state index in [0.717, 1.165) is 39.9 Å². The van der Waals surface area contributed by atoms with Crippen molar-refractivity contribution in [1.29, 1.82) is 0 Å². The number of aryl methyl sites for hydroxylation is 1. The van der Waals surface area contributed by atoms with Crippen LogP contribution in [0.25, 0.3) is 10.2 Å². The third-order valence-electron chi connectivity index (χ3n) is 4.56. The Morgan fingerprint density at radius 1 is 1.17 bits per heavy atom. The number of thiophene rings is 1. The normalized spacial score (nSPS) is 12.6. The first-order valence-electron chi connectivity index (χ1n) is 9.18. The van der Waals surface area contributed by atoms with E-state index in [1.165, 1.54) is 22.7 Å². The summed E-state index contributed by atoms with van der Waals surface area (Å²) in [5.74, 6) is -1.52. The molecular weight excluding hydrogens is 412 g/mol. The number of benzene rings is 1. The molecule has 1 amide bonds. The summed E-state index contributed by atoms with van der Waals surface area (Å²) >= 11 is 2.81. The minimum atomic E-state index is -0.588. The van der Waals surface area contributed by atoms with Crippen LogP contribution >= 0.6 is 22.7 Å². The van der Waals surface area contributed by atoms with Crippen LogP contribution in [0.4, 0.5) is 5.00 Å². The fourth-order valence-electron chi connectivity index (χ4n) is 3.27. The fraction of sp³-hybridized carbons (Fsp3) is 0.300. The zero-order valence-electron chi connectivity index (χ0n) is 15.6. The summed E-state index contributed by atoms with van der Waals surface area (Å²) in [7, 11) is 0. The molecule has 2 aromatic heterocycles. The van der Waals surface area contributed by atoms with Crippen LogP contribution in [0, 0.1) is 0 Å². The third kappa shape index (κ3) is 4.01. The molecule has 1 aromatic carbocycles. The number of ether oxygens (including phenoxy) is 2. The number of hydrogen-bond acceptors (Lipinski definition) is 8. The second-order valence-electron chi connectivity index (χ2n) is 6.44. The fourth-order valence-corrected chi connectivity index (χ4v) is 5.28. The number of aromatic nitrogens is 1. The smallest absolute Gasteiger partial charge is 0.341 e. The number of rotatable bonds is 6. The molecule has 0 spiro atoms. The Bertz CT molecular complexity index is 1100. The number of fused-ring (bicyclic) bond motifs is 2. The average Bonchev–Trinajstić information content (AvgIpc) is 3.41. The topological polar surface area (TPSA) is 94.6 Å². The van der Waals surface area contributed by atoms with Crippen LogP contribution in [-0.2, 0) is 27.1 Å². The van der Waals surface area contributed by atoms with Crippen LogP contribution in [0.5, 0.6) is 0 Å². The van der Waals surface area contributed by atoms with Crippen LogP contribution in [0.2, 0.25) is 0 Å². The van der Waals surface area contributed by atoms with E-state index in [9.17, 15) is 14.4 Å². The molecule has 0 saturated carbocycles. The van der Waals surface area contributed by atoms with Crippen molar-refractivity contribution in [3.63, 3.8) is 0 Å². The van der Waals surface area contributed by atoms with E-state index < -0.39 is 24.5 Å². The standard InChI is InChI=1S/C20H18N2O5S2/c1-2-26-20(25)17-12-4-3-5-14(12)29-18(17)22-16(23)9-27-19(24)11-6-7-13-15(8-11)28-10-21-13/h6-8,10H,2-5,9H2,1H3,(H,22,23). The number of nitrogens with zero attached hydrogens (tertiary/aromatic N) is 1. The van der Waals surface area contributed by atoms with Crippen molar-refractivity contribution in [2.24, 2.45) is 0 Å². The average molecular weight is 431 g/mol. The van der Waals surface area contributed by atoms with Crippen molar-refractivity contribution in [2.75, 3.05) is 18.5 Å². The highest BCUT2D eigenvalue weighted by Crippen LogP contribution is 2.39. The van der Waals surface area contributed by atoms with Crippen LogP contribution in [0.3, 0.4) is 0 Å². The van der Waals surface area contributed by atoms with Gasteiger partial charge in [0.1, 0.15) is 5.00 Å². The number of amides is 1. The maximum atomic E-state index is 12.3. The van der Waals surface area contributed by atoms with E-state index in [4.69, 9.17) is 9.47 Å². The Hall–Kier alpha value is -2.78. The van der Waals surface area contributed by atoms with Crippen molar-refractivity contribution in [2.45, 2.75) is 26.2 Å². The van der Waals surface area contributed by atoms with Gasteiger partial charge in [0.2, 0.25) is 0 Å². The van der Waals surface area contributed by atoms with Gasteiger partial charge >= 0.3 is 11.9 Å². The van der Waals surface area contributed by atoms with Gasteiger partial charge in [0.05, 0.1) is 33.5 Å². The molecule has 9 heteroatoms. The monoisotopic (exact) mass is 430 g/mol. The van der Waals surface area contributed by atoms with Crippen molar-refractivity contribution >= 4 is 55.7 Å². The number of anilines is 1. The van der Waals surface area contributed by atoms with E-state index >= 15 is 0 Å². The number of carbonyl (C=O) groups excluding carboxylic acids is 3. The van der Waals surface area contributed by atoms with E-state index in [0.29, 0.717) is 16.1 Å². The van der Waals surface area contributed by atoms with E-state index in [2.05, 4.69) is 10.3 Å². The quantitative estimate of drug-likeness (QED) is 0.598. The largest absolute Gasteiger partial charge is 0.462 e. The number of esters is 2. The van der Waals surface area contributed by atoms with Crippen molar-refractivity contribution in [1.82, 2.24) is 4.98 Å². The summed E-state index contributed by atoms with van der Waals surface area (Å²) in [5.41, 5.74) is 4.25. The molecule has 0 bridgehead atoms. The van der Waals surface area contributed by atoms with Gasteiger partial charge in [0.15, 0.2) is 6.61 Å². The van der Waals surface area contributed by atoms with Crippen LogP contribution in [0.1, 0.15) is 44.5 Å². The van der Waals surface area contributed by atoms with Gasteiger partial charge in [-0.15, -0.1) is 22.7 Å². The summed E-state index contributed by atoms with van der Waals surface area (Å²) in [6, 6.07) is 5.04. The van der Waals surface area contributed by atoms with Gasteiger partial charge in [-0.3, -0.25) is 4.79 Å². The third-order valence-corrected chi connectivity index (χ3v) is 6.55. The molecule has 1 aliphatic rings. The second-order valence-corrected chi connectivity index (χ2v) is 8.43. The van der Waals surface area contributed by atoms with Crippen LogP contribution < -0.4 is 5.32 Å². The van der Waals surface area contributed by atoms with Gasteiger partial charge in [-0.2, -0.15) is 0 Å². The lowest BCUT2D eigenvalue weighted by Crippen LogP contribution is -2.22. The van der Waals surface area contributed by atoms with Gasteiger partial charge in [-0.25, -0.2) is 14.6 Å². The lowest BCUT2D eigenvalue weighted by molar-refractivity contribution is -0.119. The molecule has 29 heavy (non-hydrogen) atoms. The van der Waals surface area contributed by atoms with Gasteiger partial charge in [-0.1, -0.05) is 0 Å². The van der Waals surface area contributed by atoms with Gasteiger partial charge < -0.3 is 14.8 Å². The van der Waals surface area contributed by atoms with E-state index in [1.54, 1.807) is 30.6 Å². The second kappa shape index (κ2) is 8.30. The molecule has 4 rings (SSSR count). The predicted octanol–water partition coefficient (Wildman–Crippen LogP) is 3.82. The molecule has 150 valence electrons. The zero-order valence-corrected chi connectivity index (χ0v) is 17.3. The van der Waals surface area contributed by atoms with Gasteiger partial charge in [-0.05, 0) is 49.9 Å². The Kier molecular flexibility index (Phi) is 5.59. The van der Waals surface area contributed by atoms with Crippen molar-refractivity contribution in [3.05, 3.63) is 45.3 Å². The predicted molar refractivity (Wildman–Crippen MR) is 111 cm³/mol. The molecule has 0 radical (unpaired) electrons. The highest BCUT2D eigenvalue weighted by Gasteiger charge is 2.28. The summed E-state index contributed by atoms with van der Waals surface area (Å²) in [6.07, 6.45) is 2.67. The minimum Gasteiger partial charge on any atom is -0.462 e. The lowest BCUT2D eigenvalue weighted by Gasteiger charge is -2.08. The molecule has 0 unspecified atom stereocenters. The summed E-state index contributed by atoms with van der Waals surface area (Å²) in [4.78, 5) is 42.2. The number of thiazole rings is 1. The number of nitrogens with one attached hydrogen (secondary N) is 1. The van der Waals surface area contributed by atoms with Crippen molar-refractivity contribution in [3.8, 4) is 0 Å². The maximum absolute atomic E-state index is 12.3. The minimum absolute atomic E-state index is 0.262. The molecule has 0 aliphatic heterocycles. The van der Waals surface area contributed by atoms with E-state index in [1.807, 2.05) is 0 Å². The maximum Gasteiger partial charge on any atom is 0.341 e. The highest BCUT2D eigenvalue weighted by molar-refractivity contribution is 7.17. The van der Waals surface area contributed by atoms with Crippen LogP contribution in [-0.4, -0.2) is 36.0 Å². The Morgan fingerprint density at radius 2 is 2.03 bits per heavy atom. The first-order valence-corrected chi connectivity index (χ1v) is 10.9. The molecule has 0 fully saturated rings. The Labute approximate surface area is 174 Å². The summed E-state index contributed by atoms with van der Waals surface area (Å²) < 4.78 is 11.2. The van der Waals surface area contributed by atoms with Crippen molar-refractivity contribution < 1.29 is 23.9 Å². The van der Waals surface area contributed by atoms with Gasteiger partial charge in [0.25, 0.3) is 5.91 Å². The SMILES string of the molecule is CCOC(=O)c1c(NC(=O)COC(=O)c2ccc3ncsc3c2)sc2c1CCC2. The zero-order chi connectivity index (χ0) is 20.4. The number of carbonyl (C=O) groups is 3. The molecule has 0 atom stereocenters. The van der Waals surface area contributed by atoms with Crippen LogP contribution in [0.15, 0.2) is 23.7 Å². The lowest BCUT2D eigenvalue weighted by atomic mass is 10.1. The Balaban J connectivity index is 1.42. The first-order chi connectivity index (χ1) is 14.1. The molecule has 2 heterocycles. The molecular formula is C20H18N2O5S2. The molecule has 1 N–H and O–H groups in total. The molecule has 3 aromatic rings. The van der Waals surface area contributed by atoms with Gasteiger partial charge in [0, 0.05) is 4.88 Å². The molecule has 7 nitrogen and oxygen atoms in total. The Morgan fingerprint density at radius 3 is 2.86 bits per heavy atom. The summed E-state index contributed by atoms with van der Waals surface area (Å²) in [6.45, 7) is 1.56. The molecule has 0 saturated heterocycles. The number of hydrogen-bond donors (Lipinski definition) is 1. The highest BCUT2D eigenvalue weighted by atomic mass is 32.1. The first kappa shape index (κ1) is 19.5. The van der Waals surface area contributed by atoms with E-state index in [-0.39, 0.29) is 6.61 Å². The molecule has 1 aliphatic carbocycles. The summed E-state index contributed by atoms with van der Waals surface area (Å²) in [5, 5.41) is 3.16.